The first-order valence-electron chi connectivity index (χ1n) is 7.43. The summed E-state index contributed by atoms with van der Waals surface area (Å²) in [5.41, 5.74) is 1.39. The topological polar surface area (TPSA) is 15.3 Å². The summed E-state index contributed by atoms with van der Waals surface area (Å²) in [5, 5.41) is 3.62. The minimum Gasteiger partial charge on any atom is -0.310 e. The molecule has 0 aromatic heterocycles. The van der Waals surface area contributed by atoms with E-state index in [1.807, 2.05) is 0 Å². The van der Waals surface area contributed by atoms with E-state index in [9.17, 15) is 0 Å². The van der Waals surface area contributed by atoms with E-state index in [-0.39, 0.29) is 0 Å². The van der Waals surface area contributed by atoms with Crippen LogP contribution in [0.1, 0.15) is 44.7 Å². The molecule has 3 heteroatoms. The first kappa shape index (κ1) is 15.0. The number of nitrogens with zero attached hydrogens (tertiary/aromatic N) is 1. The zero-order valence-corrected chi connectivity index (χ0v) is 13.6. The Balaban J connectivity index is 1.96. The summed E-state index contributed by atoms with van der Waals surface area (Å²) < 4.78 is 1.17. The van der Waals surface area contributed by atoms with Gasteiger partial charge in [0.25, 0.3) is 0 Å². The molecule has 1 N–H and O–H groups in total. The summed E-state index contributed by atoms with van der Waals surface area (Å²) in [7, 11) is 0. The van der Waals surface area contributed by atoms with Gasteiger partial charge in [0.1, 0.15) is 0 Å². The van der Waals surface area contributed by atoms with Gasteiger partial charge in [-0.25, -0.2) is 0 Å². The molecule has 2 rings (SSSR count). The fraction of sp³-hybridized carbons (Fsp3) is 0.625. The first-order valence-corrected chi connectivity index (χ1v) is 8.23. The Morgan fingerprint density at radius 1 is 1.47 bits per heavy atom. The highest BCUT2D eigenvalue weighted by molar-refractivity contribution is 9.10. The second-order valence-corrected chi connectivity index (χ2v) is 6.40. The highest BCUT2D eigenvalue weighted by atomic mass is 79.9. The molecule has 2 atom stereocenters. The molecule has 1 aromatic rings. The first-order chi connectivity index (χ1) is 9.20. The molecule has 1 aliphatic rings. The van der Waals surface area contributed by atoms with E-state index in [4.69, 9.17) is 0 Å². The molecule has 0 radical (unpaired) electrons. The van der Waals surface area contributed by atoms with Crippen molar-refractivity contribution in [3.63, 3.8) is 0 Å². The molecule has 1 heterocycles. The number of likely N-dealkylation sites (tertiary alicyclic amines) is 1. The SMILES string of the molecule is CCNC(CCN1CCCC1C)c1cccc(Br)c1. The third-order valence-electron chi connectivity index (χ3n) is 4.10. The van der Waals surface area contributed by atoms with Crippen LogP contribution in [0.2, 0.25) is 0 Å². The van der Waals surface area contributed by atoms with Crippen molar-refractivity contribution in [3.05, 3.63) is 34.3 Å². The Kier molecular flexibility index (Phi) is 5.86. The lowest BCUT2D eigenvalue weighted by atomic mass is 10.0. The molecule has 106 valence electrons. The maximum atomic E-state index is 3.62. The van der Waals surface area contributed by atoms with E-state index in [1.165, 1.54) is 42.4 Å². The van der Waals surface area contributed by atoms with Gasteiger partial charge in [0.2, 0.25) is 0 Å². The van der Waals surface area contributed by atoms with E-state index in [0.29, 0.717) is 6.04 Å². The minimum absolute atomic E-state index is 0.468. The van der Waals surface area contributed by atoms with E-state index in [2.05, 4.69) is 64.3 Å². The molecule has 0 saturated carbocycles. The maximum Gasteiger partial charge on any atom is 0.0332 e. The minimum atomic E-state index is 0.468. The van der Waals surface area contributed by atoms with Gasteiger partial charge >= 0.3 is 0 Å². The number of hydrogen-bond acceptors (Lipinski definition) is 2. The third-order valence-corrected chi connectivity index (χ3v) is 4.59. The lowest BCUT2D eigenvalue weighted by Gasteiger charge is -2.25. The number of nitrogens with one attached hydrogen (secondary N) is 1. The third kappa shape index (κ3) is 4.30. The average molecular weight is 325 g/mol. The van der Waals surface area contributed by atoms with Crippen LogP contribution in [0.25, 0.3) is 0 Å². The highest BCUT2D eigenvalue weighted by Gasteiger charge is 2.21. The quantitative estimate of drug-likeness (QED) is 0.851. The lowest BCUT2D eigenvalue weighted by Crippen LogP contribution is -2.31. The largest absolute Gasteiger partial charge is 0.310 e. The average Bonchev–Trinajstić information content (AvgIpc) is 2.80. The molecule has 0 spiro atoms. The molecule has 1 saturated heterocycles. The van der Waals surface area contributed by atoms with E-state index < -0.39 is 0 Å². The molecule has 2 unspecified atom stereocenters. The molecule has 1 fully saturated rings. The number of hydrogen-bond donors (Lipinski definition) is 1. The van der Waals surface area contributed by atoms with E-state index in [1.54, 1.807) is 0 Å². The van der Waals surface area contributed by atoms with E-state index >= 15 is 0 Å². The van der Waals surface area contributed by atoms with Gasteiger partial charge in [0.05, 0.1) is 0 Å². The Morgan fingerprint density at radius 2 is 2.32 bits per heavy atom. The van der Waals surface area contributed by atoms with Crippen LogP contribution in [0.4, 0.5) is 0 Å². The second kappa shape index (κ2) is 7.41. The Labute approximate surface area is 125 Å². The van der Waals surface area contributed by atoms with Crippen molar-refractivity contribution < 1.29 is 0 Å². The van der Waals surface area contributed by atoms with Crippen LogP contribution in [0, 0.1) is 0 Å². The van der Waals surface area contributed by atoms with Crippen molar-refractivity contribution in [2.75, 3.05) is 19.6 Å². The monoisotopic (exact) mass is 324 g/mol. The lowest BCUT2D eigenvalue weighted by molar-refractivity contribution is 0.252. The van der Waals surface area contributed by atoms with Gasteiger partial charge in [-0.15, -0.1) is 0 Å². The molecule has 0 amide bonds. The van der Waals surface area contributed by atoms with Crippen molar-refractivity contribution in [1.29, 1.82) is 0 Å². The van der Waals surface area contributed by atoms with Gasteiger partial charge in [-0.1, -0.05) is 35.0 Å². The smallest absolute Gasteiger partial charge is 0.0332 e. The van der Waals surface area contributed by atoms with Crippen LogP contribution >= 0.6 is 15.9 Å². The van der Waals surface area contributed by atoms with Gasteiger partial charge in [0.15, 0.2) is 0 Å². The zero-order valence-electron chi connectivity index (χ0n) is 12.0. The van der Waals surface area contributed by atoms with Crippen LogP contribution < -0.4 is 5.32 Å². The Morgan fingerprint density at radius 3 is 2.95 bits per heavy atom. The fourth-order valence-corrected chi connectivity index (χ4v) is 3.39. The number of halogens is 1. The predicted octanol–water partition coefficient (Wildman–Crippen LogP) is 3.97. The summed E-state index contributed by atoms with van der Waals surface area (Å²) in [4.78, 5) is 2.63. The van der Waals surface area contributed by atoms with Crippen LogP contribution in [0.5, 0.6) is 0 Å². The van der Waals surface area contributed by atoms with Gasteiger partial charge in [0, 0.05) is 23.1 Å². The molecule has 0 bridgehead atoms. The summed E-state index contributed by atoms with van der Waals surface area (Å²) in [6.07, 6.45) is 3.92. The Bertz CT molecular complexity index is 394. The van der Waals surface area contributed by atoms with Crippen molar-refractivity contribution in [3.8, 4) is 0 Å². The summed E-state index contributed by atoms with van der Waals surface area (Å²) in [5.74, 6) is 0. The number of benzene rings is 1. The van der Waals surface area contributed by atoms with Gasteiger partial charge in [-0.05, 0) is 57.0 Å². The van der Waals surface area contributed by atoms with Crippen LogP contribution in [0.3, 0.4) is 0 Å². The zero-order chi connectivity index (χ0) is 13.7. The van der Waals surface area contributed by atoms with Crippen molar-refractivity contribution >= 4 is 15.9 Å². The van der Waals surface area contributed by atoms with Gasteiger partial charge < -0.3 is 10.2 Å². The normalized spacial score (nSPS) is 21.7. The standard InChI is InChI=1S/C16H25BrN2/c1-3-18-16(14-7-4-8-15(17)12-14)9-11-19-10-5-6-13(19)2/h4,7-8,12-13,16,18H,3,5-6,9-11H2,1-2H3. The summed E-state index contributed by atoms with van der Waals surface area (Å²) in [6.45, 7) is 8.04. The van der Waals surface area contributed by atoms with Crippen LogP contribution in [-0.4, -0.2) is 30.6 Å². The molecule has 2 nitrogen and oxygen atoms in total. The van der Waals surface area contributed by atoms with Gasteiger partial charge in [-0.3, -0.25) is 0 Å². The highest BCUT2D eigenvalue weighted by Crippen LogP contribution is 2.23. The van der Waals surface area contributed by atoms with Crippen molar-refractivity contribution in [1.82, 2.24) is 10.2 Å². The molecule has 1 aromatic carbocycles. The molecule has 19 heavy (non-hydrogen) atoms. The fourth-order valence-electron chi connectivity index (χ4n) is 2.98. The van der Waals surface area contributed by atoms with Crippen LogP contribution in [0.15, 0.2) is 28.7 Å². The summed E-state index contributed by atoms with van der Waals surface area (Å²) in [6, 6.07) is 9.92. The molecular weight excluding hydrogens is 300 g/mol. The van der Waals surface area contributed by atoms with E-state index in [0.717, 1.165) is 12.6 Å². The van der Waals surface area contributed by atoms with Gasteiger partial charge in [-0.2, -0.15) is 0 Å². The molecule has 0 aliphatic carbocycles. The van der Waals surface area contributed by atoms with Crippen LogP contribution in [-0.2, 0) is 0 Å². The molecule has 1 aliphatic heterocycles. The Hall–Kier alpha value is -0.380. The van der Waals surface area contributed by atoms with Crippen molar-refractivity contribution in [2.24, 2.45) is 0 Å². The maximum absolute atomic E-state index is 3.62. The second-order valence-electron chi connectivity index (χ2n) is 5.48. The summed E-state index contributed by atoms with van der Waals surface area (Å²) >= 11 is 3.57. The predicted molar refractivity (Wildman–Crippen MR) is 85.4 cm³/mol. The van der Waals surface area contributed by atoms with Crippen molar-refractivity contribution in [2.45, 2.75) is 45.2 Å². The molecular formula is C16H25BrN2. The number of rotatable bonds is 6.